The average molecular weight is 419 g/mol. The maximum Gasteiger partial charge on any atom is 0.182 e. The molecule has 1 saturated carbocycles. The van der Waals surface area contributed by atoms with E-state index in [-0.39, 0.29) is 34.9 Å². The Bertz CT molecular complexity index is 1010. The van der Waals surface area contributed by atoms with Crippen molar-refractivity contribution in [2.75, 3.05) is 7.11 Å². The Labute approximate surface area is 169 Å². The van der Waals surface area contributed by atoms with E-state index in [1.807, 2.05) is 0 Å². The standard InChI is InChI=1S/C20H17ClNO5S/c1-27-16-11-10-13(20(25)17-14(23)8-5-9-15(17)24)18(21)19(16)22-28(26)12-6-3-2-4-7-12/h2-4,6-7,10-11,17H,5,8-9H2,1H3/q-1. The summed E-state index contributed by atoms with van der Waals surface area (Å²) in [4.78, 5) is 37.6. The lowest BCUT2D eigenvalue weighted by Crippen LogP contribution is -2.35. The predicted molar refractivity (Wildman–Crippen MR) is 105 cm³/mol. The van der Waals surface area contributed by atoms with E-state index in [4.69, 9.17) is 16.3 Å². The first-order valence-electron chi connectivity index (χ1n) is 8.59. The summed E-state index contributed by atoms with van der Waals surface area (Å²) < 4.78 is 21.9. The van der Waals surface area contributed by atoms with E-state index in [2.05, 4.69) is 4.36 Å². The van der Waals surface area contributed by atoms with Gasteiger partial charge < -0.3 is 13.3 Å². The van der Waals surface area contributed by atoms with Crippen molar-refractivity contribution in [3.63, 3.8) is 0 Å². The highest BCUT2D eigenvalue weighted by molar-refractivity contribution is 7.75. The monoisotopic (exact) mass is 418 g/mol. The Balaban J connectivity index is 2.07. The lowest BCUT2D eigenvalue weighted by molar-refractivity contribution is -0.133. The zero-order chi connectivity index (χ0) is 20.3. The molecule has 2 aromatic carbocycles. The van der Waals surface area contributed by atoms with Crippen LogP contribution < -0.4 is 4.74 Å². The van der Waals surface area contributed by atoms with Crippen molar-refractivity contribution in [2.24, 2.45) is 10.3 Å². The number of halogens is 1. The van der Waals surface area contributed by atoms with Crippen molar-refractivity contribution in [2.45, 2.75) is 24.2 Å². The van der Waals surface area contributed by atoms with E-state index in [0.717, 1.165) is 0 Å². The third-order valence-corrected chi connectivity index (χ3v) is 5.84. The highest BCUT2D eigenvalue weighted by atomic mass is 35.5. The van der Waals surface area contributed by atoms with Gasteiger partial charge in [-0.3, -0.25) is 14.4 Å². The van der Waals surface area contributed by atoms with Crippen LogP contribution in [-0.4, -0.2) is 24.5 Å². The molecule has 2 aromatic rings. The fourth-order valence-corrected chi connectivity index (χ4v) is 4.20. The number of hydrogen-bond acceptors (Lipinski definition) is 7. The second kappa shape index (κ2) is 8.67. The molecule has 6 nitrogen and oxygen atoms in total. The summed E-state index contributed by atoms with van der Waals surface area (Å²) in [5.74, 6) is -2.58. The quantitative estimate of drug-likeness (QED) is 0.410. The summed E-state index contributed by atoms with van der Waals surface area (Å²) >= 11 is 6.38. The third kappa shape index (κ3) is 4.00. The Morgan fingerprint density at radius 2 is 1.75 bits per heavy atom. The summed E-state index contributed by atoms with van der Waals surface area (Å²) in [5, 5.41) is -0.0974. The fraction of sp³-hybridized carbons (Fsp3) is 0.250. The SMILES string of the molecule is COc1ccc(C(=O)C2C(=O)CCCC2=O)c(Cl)c1N=[S-](=O)c1ccccc1. The minimum Gasteiger partial charge on any atom is -0.495 e. The summed E-state index contributed by atoms with van der Waals surface area (Å²) in [7, 11) is -0.387. The Morgan fingerprint density at radius 1 is 1.11 bits per heavy atom. The molecule has 0 saturated heterocycles. The summed E-state index contributed by atoms with van der Waals surface area (Å²) in [6.07, 6.45) is 0.824. The second-order valence-electron chi connectivity index (χ2n) is 6.21. The molecule has 0 heterocycles. The number of ketones is 3. The number of nitrogens with zero attached hydrogens (tertiary/aromatic N) is 1. The Kier molecular flexibility index (Phi) is 6.26. The topological polar surface area (TPSA) is 89.9 Å². The van der Waals surface area contributed by atoms with Crippen LogP contribution in [0.25, 0.3) is 0 Å². The van der Waals surface area contributed by atoms with Gasteiger partial charge in [0.05, 0.1) is 17.8 Å². The fourth-order valence-electron chi connectivity index (χ4n) is 3.01. The van der Waals surface area contributed by atoms with Crippen molar-refractivity contribution in [1.29, 1.82) is 0 Å². The summed E-state index contributed by atoms with van der Waals surface area (Å²) in [5.41, 5.74) is 0.0211. The lowest BCUT2D eigenvalue weighted by Gasteiger charge is -2.20. The molecule has 0 amide bonds. The predicted octanol–water partition coefficient (Wildman–Crippen LogP) is 4.31. The minimum atomic E-state index is -1.78. The first kappa shape index (κ1) is 20.2. The molecule has 0 atom stereocenters. The van der Waals surface area contributed by atoms with Crippen molar-refractivity contribution >= 4 is 45.2 Å². The molecule has 28 heavy (non-hydrogen) atoms. The van der Waals surface area contributed by atoms with Gasteiger partial charge in [0.15, 0.2) is 17.3 Å². The number of benzene rings is 2. The van der Waals surface area contributed by atoms with Crippen LogP contribution in [0, 0.1) is 5.92 Å². The number of Topliss-reactive ketones (excluding diaryl/α,β-unsaturated/α-hetero) is 3. The number of ether oxygens (including phenoxy) is 1. The lowest BCUT2D eigenvalue weighted by atomic mass is 9.81. The van der Waals surface area contributed by atoms with Crippen molar-refractivity contribution in [3.8, 4) is 5.75 Å². The largest absolute Gasteiger partial charge is 0.495 e. The number of hydrogen-bond donors (Lipinski definition) is 0. The average Bonchev–Trinajstić information content (AvgIpc) is 2.69. The molecule has 3 rings (SSSR count). The smallest absolute Gasteiger partial charge is 0.182 e. The first-order chi connectivity index (χ1) is 13.4. The molecule has 1 aliphatic carbocycles. The zero-order valence-electron chi connectivity index (χ0n) is 15.0. The Hall–Kier alpha value is -2.51. The van der Waals surface area contributed by atoms with E-state index < -0.39 is 33.9 Å². The molecule has 0 N–H and O–H groups in total. The highest BCUT2D eigenvalue weighted by Gasteiger charge is 2.37. The number of carbonyl (C=O) groups excluding carboxylic acids is 3. The van der Waals surface area contributed by atoms with Gasteiger partial charge in [-0.15, -0.1) is 0 Å². The van der Waals surface area contributed by atoms with Crippen LogP contribution in [0.5, 0.6) is 5.75 Å². The molecule has 0 aromatic heterocycles. The van der Waals surface area contributed by atoms with Crippen LogP contribution in [-0.2, 0) is 24.4 Å². The van der Waals surface area contributed by atoms with E-state index in [0.29, 0.717) is 11.3 Å². The van der Waals surface area contributed by atoms with Crippen molar-refractivity contribution in [1.82, 2.24) is 0 Å². The van der Waals surface area contributed by atoms with E-state index in [1.54, 1.807) is 30.3 Å². The number of methoxy groups -OCH3 is 1. The molecular formula is C20H17ClNO5S-. The molecular weight excluding hydrogens is 402 g/mol. The second-order valence-corrected chi connectivity index (χ2v) is 7.75. The molecule has 0 radical (unpaired) electrons. The van der Waals surface area contributed by atoms with Gasteiger partial charge in [0, 0.05) is 18.4 Å². The first-order valence-corrected chi connectivity index (χ1v) is 10.1. The molecule has 0 aliphatic heterocycles. The molecule has 146 valence electrons. The summed E-state index contributed by atoms with van der Waals surface area (Å²) in [6.45, 7) is 0. The maximum atomic E-state index is 12.9. The van der Waals surface area contributed by atoms with Gasteiger partial charge in [-0.1, -0.05) is 46.8 Å². The molecule has 0 bridgehead atoms. The van der Waals surface area contributed by atoms with Crippen LogP contribution in [0.4, 0.5) is 5.69 Å². The minimum absolute atomic E-state index is 0.0140. The zero-order valence-corrected chi connectivity index (χ0v) is 16.6. The van der Waals surface area contributed by atoms with Crippen LogP contribution in [0.2, 0.25) is 5.02 Å². The molecule has 1 aliphatic rings. The van der Waals surface area contributed by atoms with Gasteiger partial charge >= 0.3 is 0 Å². The molecule has 8 heteroatoms. The normalized spacial score (nSPS) is 16.2. The molecule has 0 unspecified atom stereocenters. The van der Waals surface area contributed by atoms with Crippen molar-refractivity contribution < 1.29 is 23.3 Å². The van der Waals surface area contributed by atoms with E-state index >= 15 is 0 Å². The highest BCUT2D eigenvalue weighted by Crippen LogP contribution is 2.39. The van der Waals surface area contributed by atoms with Gasteiger partial charge in [0.2, 0.25) is 0 Å². The van der Waals surface area contributed by atoms with Gasteiger partial charge in [-0.2, -0.15) is 10.6 Å². The molecule has 1 fully saturated rings. The number of carbonyl (C=O) groups is 3. The van der Waals surface area contributed by atoms with Crippen molar-refractivity contribution in [3.05, 3.63) is 53.1 Å². The van der Waals surface area contributed by atoms with E-state index in [1.165, 1.54) is 19.2 Å². The molecule has 0 spiro atoms. The van der Waals surface area contributed by atoms with E-state index in [9.17, 15) is 18.6 Å². The Morgan fingerprint density at radius 3 is 2.36 bits per heavy atom. The number of rotatable bonds is 5. The van der Waals surface area contributed by atoms with Gasteiger partial charge in [-0.25, -0.2) is 0 Å². The van der Waals surface area contributed by atoms with Gasteiger partial charge in [0.25, 0.3) is 0 Å². The van der Waals surface area contributed by atoms with Crippen LogP contribution >= 0.6 is 11.6 Å². The maximum absolute atomic E-state index is 12.9. The van der Waals surface area contributed by atoms with Gasteiger partial charge in [0.1, 0.15) is 11.7 Å². The van der Waals surface area contributed by atoms with Crippen LogP contribution in [0.1, 0.15) is 29.6 Å². The summed E-state index contributed by atoms with van der Waals surface area (Å²) in [6, 6.07) is 11.4. The van der Waals surface area contributed by atoms with Crippen LogP contribution in [0.15, 0.2) is 51.7 Å². The van der Waals surface area contributed by atoms with Crippen LogP contribution in [0.3, 0.4) is 0 Å². The third-order valence-electron chi connectivity index (χ3n) is 4.44. The van der Waals surface area contributed by atoms with Gasteiger partial charge in [-0.05, 0) is 18.6 Å².